The van der Waals surface area contributed by atoms with Crippen LogP contribution in [0.5, 0.6) is 11.5 Å². The van der Waals surface area contributed by atoms with Crippen molar-refractivity contribution in [2.75, 3.05) is 20.3 Å². The maximum absolute atomic E-state index is 12.4. The number of sulfonamides is 1. The molecule has 0 saturated heterocycles. The number of benzene rings is 2. The number of hydrogen-bond acceptors (Lipinski definition) is 4. The Morgan fingerprint density at radius 2 is 1.80 bits per heavy atom. The number of hydrogen-bond donors (Lipinski definition) is 1. The average molecular weight is 384 g/mol. The van der Waals surface area contributed by atoms with Crippen molar-refractivity contribution in [2.45, 2.75) is 24.7 Å². The highest BCUT2D eigenvalue weighted by Crippen LogP contribution is 2.26. The number of ether oxygens (including phenoxy) is 2. The van der Waals surface area contributed by atoms with E-state index < -0.39 is 10.0 Å². The van der Waals surface area contributed by atoms with Crippen LogP contribution in [-0.2, 0) is 10.0 Å². The predicted molar refractivity (Wildman–Crippen MR) is 99.2 cm³/mol. The molecular weight excluding hydrogens is 362 g/mol. The monoisotopic (exact) mass is 383 g/mol. The van der Waals surface area contributed by atoms with Gasteiger partial charge in [0.2, 0.25) is 10.0 Å². The van der Waals surface area contributed by atoms with Gasteiger partial charge in [0.15, 0.2) is 0 Å². The van der Waals surface area contributed by atoms with E-state index >= 15 is 0 Å². The summed E-state index contributed by atoms with van der Waals surface area (Å²) in [6.07, 6.45) is 0. The smallest absolute Gasteiger partial charge is 0.244 e. The molecule has 0 heterocycles. The molecular formula is C18H22ClNO4S. The lowest BCUT2D eigenvalue weighted by Crippen LogP contribution is -2.28. The molecule has 0 atom stereocenters. The van der Waals surface area contributed by atoms with Crippen LogP contribution in [0.4, 0.5) is 0 Å². The van der Waals surface area contributed by atoms with Crippen LogP contribution in [-0.4, -0.2) is 28.7 Å². The van der Waals surface area contributed by atoms with Crippen molar-refractivity contribution in [3.05, 3.63) is 53.1 Å². The summed E-state index contributed by atoms with van der Waals surface area (Å²) in [5.41, 5.74) is 1.22. The van der Waals surface area contributed by atoms with Gasteiger partial charge in [-0.1, -0.05) is 37.6 Å². The maximum atomic E-state index is 12.4. The molecule has 1 N–H and O–H groups in total. The van der Waals surface area contributed by atoms with Crippen molar-refractivity contribution in [1.29, 1.82) is 0 Å². The van der Waals surface area contributed by atoms with Crippen molar-refractivity contribution >= 4 is 21.6 Å². The normalized spacial score (nSPS) is 11.6. The highest BCUT2D eigenvalue weighted by Gasteiger charge is 2.19. The zero-order valence-corrected chi connectivity index (χ0v) is 16.0. The van der Waals surface area contributed by atoms with Gasteiger partial charge in [0, 0.05) is 11.6 Å². The molecule has 0 spiro atoms. The van der Waals surface area contributed by atoms with Crippen molar-refractivity contribution < 1.29 is 17.9 Å². The van der Waals surface area contributed by atoms with Gasteiger partial charge in [-0.15, -0.1) is 0 Å². The lowest BCUT2D eigenvalue weighted by molar-refractivity contribution is 0.322. The predicted octanol–water partition coefficient (Wildman–Crippen LogP) is 3.83. The maximum Gasteiger partial charge on any atom is 0.244 e. The second-order valence-electron chi connectivity index (χ2n) is 5.77. The minimum Gasteiger partial charge on any atom is -0.495 e. The minimum absolute atomic E-state index is 0.00351. The van der Waals surface area contributed by atoms with E-state index in [1.54, 1.807) is 6.07 Å². The molecule has 0 amide bonds. The first-order chi connectivity index (χ1) is 11.8. The topological polar surface area (TPSA) is 64.6 Å². The second-order valence-corrected chi connectivity index (χ2v) is 7.94. The highest BCUT2D eigenvalue weighted by atomic mass is 35.5. The van der Waals surface area contributed by atoms with Crippen LogP contribution in [0.3, 0.4) is 0 Å². The molecule has 0 aliphatic rings. The van der Waals surface area contributed by atoms with E-state index in [4.69, 9.17) is 21.1 Å². The first-order valence-corrected chi connectivity index (χ1v) is 9.75. The molecule has 5 nitrogen and oxygen atoms in total. The Balaban J connectivity index is 1.93. The quantitative estimate of drug-likeness (QED) is 0.703. The van der Waals surface area contributed by atoms with Crippen LogP contribution in [0, 0.1) is 0 Å². The molecule has 0 unspecified atom stereocenters. The lowest BCUT2D eigenvalue weighted by atomic mass is 10.0. The first kappa shape index (κ1) is 19.6. The first-order valence-electron chi connectivity index (χ1n) is 7.89. The molecule has 0 fully saturated rings. The van der Waals surface area contributed by atoms with Gasteiger partial charge in [-0.05, 0) is 41.8 Å². The number of halogens is 1. The standard InChI is InChI=1S/C18H22ClNO4S/c1-13(2)14-4-7-16(8-5-14)24-11-10-20-25(21,22)18-12-15(19)6-9-17(18)23-3/h4-9,12-13,20H,10-11H2,1-3H3. The van der Waals surface area contributed by atoms with Crippen LogP contribution < -0.4 is 14.2 Å². The molecule has 2 rings (SSSR count). The summed E-state index contributed by atoms with van der Waals surface area (Å²) in [4.78, 5) is 0.00351. The van der Waals surface area contributed by atoms with E-state index in [9.17, 15) is 8.42 Å². The molecule has 7 heteroatoms. The van der Waals surface area contributed by atoms with E-state index in [0.29, 0.717) is 16.7 Å². The van der Waals surface area contributed by atoms with E-state index in [2.05, 4.69) is 18.6 Å². The third kappa shape index (κ3) is 5.36. The van der Waals surface area contributed by atoms with Crippen LogP contribution in [0.15, 0.2) is 47.4 Å². The minimum atomic E-state index is -3.74. The second kappa shape index (κ2) is 8.56. The molecule has 136 valence electrons. The summed E-state index contributed by atoms with van der Waals surface area (Å²) >= 11 is 5.88. The van der Waals surface area contributed by atoms with Crippen LogP contribution in [0.2, 0.25) is 5.02 Å². The molecule has 0 aliphatic carbocycles. The number of nitrogens with one attached hydrogen (secondary N) is 1. The van der Waals surface area contributed by atoms with Gasteiger partial charge in [-0.25, -0.2) is 13.1 Å². The molecule has 0 aromatic heterocycles. The molecule has 25 heavy (non-hydrogen) atoms. The fraction of sp³-hybridized carbons (Fsp3) is 0.333. The fourth-order valence-electron chi connectivity index (χ4n) is 2.23. The summed E-state index contributed by atoms with van der Waals surface area (Å²) < 4.78 is 37.9. The van der Waals surface area contributed by atoms with Gasteiger partial charge in [0.05, 0.1) is 7.11 Å². The third-order valence-electron chi connectivity index (χ3n) is 3.62. The average Bonchev–Trinajstić information content (AvgIpc) is 2.59. The lowest BCUT2D eigenvalue weighted by Gasteiger charge is -2.12. The molecule has 2 aromatic rings. The zero-order valence-electron chi connectivity index (χ0n) is 14.5. The number of rotatable bonds is 8. The van der Waals surface area contributed by atoms with E-state index in [1.165, 1.54) is 24.8 Å². The summed E-state index contributed by atoms with van der Waals surface area (Å²) in [5.74, 6) is 1.39. The molecule has 0 bridgehead atoms. The van der Waals surface area contributed by atoms with Crippen molar-refractivity contribution in [2.24, 2.45) is 0 Å². The van der Waals surface area contributed by atoms with E-state index in [1.807, 2.05) is 24.3 Å². The Kier molecular flexibility index (Phi) is 6.70. The van der Waals surface area contributed by atoms with Crippen LogP contribution in [0.1, 0.15) is 25.3 Å². The largest absolute Gasteiger partial charge is 0.495 e. The molecule has 2 aromatic carbocycles. The SMILES string of the molecule is COc1ccc(Cl)cc1S(=O)(=O)NCCOc1ccc(C(C)C)cc1. The number of methoxy groups -OCH3 is 1. The van der Waals surface area contributed by atoms with Gasteiger partial charge >= 0.3 is 0 Å². The van der Waals surface area contributed by atoms with E-state index in [0.717, 1.165) is 0 Å². The van der Waals surface area contributed by atoms with Crippen molar-refractivity contribution in [3.63, 3.8) is 0 Å². The third-order valence-corrected chi connectivity index (χ3v) is 5.34. The van der Waals surface area contributed by atoms with Gasteiger partial charge in [0.1, 0.15) is 23.0 Å². The highest BCUT2D eigenvalue weighted by molar-refractivity contribution is 7.89. The van der Waals surface area contributed by atoms with E-state index in [-0.39, 0.29) is 23.8 Å². The van der Waals surface area contributed by atoms with Crippen molar-refractivity contribution in [3.8, 4) is 11.5 Å². The van der Waals surface area contributed by atoms with Gasteiger partial charge in [0.25, 0.3) is 0 Å². The van der Waals surface area contributed by atoms with Crippen molar-refractivity contribution in [1.82, 2.24) is 4.72 Å². The van der Waals surface area contributed by atoms with Gasteiger partial charge in [-0.3, -0.25) is 0 Å². The van der Waals surface area contributed by atoms with Crippen LogP contribution in [0.25, 0.3) is 0 Å². The summed E-state index contributed by atoms with van der Waals surface area (Å²) in [5, 5.41) is 0.322. The summed E-state index contributed by atoms with van der Waals surface area (Å²) in [6.45, 7) is 4.58. The Hall–Kier alpha value is -1.76. The Labute approximate surface area is 154 Å². The Morgan fingerprint density at radius 3 is 2.40 bits per heavy atom. The molecule has 0 aliphatic heterocycles. The summed E-state index contributed by atoms with van der Waals surface area (Å²) in [6, 6.07) is 12.2. The van der Waals surface area contributed by atoms with Gasteiger partial charge < -0.3 is 9.47 Å². The Bertz CT molecular complexity index is 804. The zero-order chi connectivity index (χ0) is 18.4. The van der Waals surface area contributed by atoms with Gasteiger partial charge in [-0.2, -0.15) is 0 Å². The summed E-state index contributed by atoms with van der Waals surface area (Å²) in [7, 11) is -2.33. The fourth-order valence-corrected chi connectivity index (χ4v) is 3.67. The van der Waals surface area contributed by atoms with Crippen LogP contribution >= 0.6 is 11.6 Å². The Morgan fingerprint density at radius 1 is 1.12 bits per heavy atom. The molecule has 0 saturated carbocycles. The molecule has 0 radical (unpaired) electrons.